The van der Waals surface area contributed by atoms with Crippen LogP contribution < -0.4 is 10.2 Å². The van der Waals surface area contributed by atoms with E-state index in [1.807, 2.05) is 25.2 Å². The van der Waals surface area contributed by atoms with Crippen molar-refractivity contribution in [3.8, 4) is 0 Å². The van der Waals surface area contributed by atoms with Crippen LogP contribution >= 0.6 is 11.3 Å². The van der Waals surface area contributed by atoms with Crippen LogP contribution in [0.3, 0.4) is 0 Å². The van der Waals surface area contributed by atoms with Gasteiger partial charge in [-0.15, -0.1) is 11.3 Å². The van der Waals surface area contributed by atoms with Crippen LogP contribution in [0.25, 0.3) is 0 Å². The van der Waals surface area contributed by atoms with E-state index in [0.29, 0.717) is 19.5 Å². The minimum absolute atomic E-state index is 0.532. The Kier molecular flexibility index (Phi) is 2.47. The van der Waals surface area contributed by atoms with Gasteiger partial charge in [0.15, 0.2) is 5.13 Å². The molecule has 0 aromatic carbocycles. The summed E-state index contributed by atoms with van der Waals surface area (Å²) in [7, 11) is 3.95. The molecular formula is C9H15N3OS. The summed E-state index contributed by atoms with van der Waals surface area (Å²) in [5, 5.41) is 14.0. The van der Waals surface area contributed by atoms with Gasteiger partial charge in [0, 0.05) is 44.7 Å². The molecule has 2 N–H and O–H groups in total. The number of rotatable bonds is 3. The van der Waals surface area contributed by atoms with Gasteiger partial charge in [-0.3, -0.25) is 0 Å². The van der Waals surface area contributed by atoms with Gasteiger partial charge in [0.1, 0.15) is 0 Å². The molecule has 1 aliphatic heterocycles. The maximum atomic E-state index is 9.91. The predicted molar refractivity (Wildman–Crippen MR) is 58.0 cm³/mol. The topological polar surface area (TPSA) is 48.4 Å². The Morgan fingerprint density at radius 1 is 1.64 bits per heavy atom. The minimum atomic E-state index is -0.532. The predicted octanol–water partition coefficient (Wildman–Crippen LogP) is 0.0859. The third-order valence-electron chi connectivity index (χ3n) is 2.34. The standard InChI is InChI=1S/C9H15N3OS/c1-12(2)8-11-4-7(14-8)3-9(13)5-10-6-9/h4,10,13H,3,5-6H2,1-2H3. The molecule has 0 bridgehead atoms. The molecule has 4 nitrogen and oxygen atoms in total. The summed E-state index contributed by atoms with van der Waals surface area (Å²) in [6, 6.07) is 0. The molecule has 1 fully saturated rings. The number of thiazole rings is 1. The van der Waals surface area contributed by atoms with Crippen LogP contribution in [0.5, 0.6) is 0 Å². The molecule has 5 heteroatoms. The highest BCUT2D eigenvalue weighted by Gasteiger charge is 2.34. The molecule has 1 aromatic rings. The van der Waals surface area contributed by atoms with Gasteiger partial charge in [0.05, 0.1) is 5.60 Å². The van der Waals surface area contributed by atoms with Gasteiger partial charge < -0.3 is 15.3 Å². The Morgan fingerprint density at radius 2 is 2.36 bits per heavy atom. The lowest BCUT2D eigenvalue weighted by molar-refractivity contribution is -0.00837. The smallest absolute Gasteiger partial charge is 0.184 e. The molecule has 1 aliphatic rings. The Hall–Kier alpha value is -0.650. The number of nitrogens with one attached hydrogen (secondary N) is 1. The maximum Gasteiger partial charge on any atom is 0.184 e. The van der Waals surface area contributed by atoms with Crippen molar-refractivity contribution in [2.45, 2.75) is 12.0 Å². The zero-order chi connectivity index (χ0) is 10.2. The molecule has 0 unspecified atom stereocenters. The van der Waals surface area contributed by atoms with Crippen LogP contribution in [0.1, 0.15) is 4.88 Å². The van der Waals surface area contributed by atoms with E-state index in [-0.39, 0.29) is 0 Å². The molecule has 2 heterocycles. The van der Waals surface area contributed by atoms with E-state index < -0.39 is 5.60 Å². The van der Waals surface area contributed by atoms with Crippen LogP contribution in [-0.2, 0) is 6.42 Å². The van der Waals surface area contributed by atoms with Crippen molar-refractivity contribution >= 4 is 16.5 Å². The average molecular weight is 213 g/mol. The second-order valence-electron chi connectivity index (χ2n) is 4.01. The van der Waals surface area contributed by atoms with Crippen LogP contribution in [0.4, 0.5) is 5.13 Å². The van der Waals surface area contributed by atoms with Gasteiger partial charge in [-0.25, -0.2) is 4.98 Å². The van der Waals surface area contributed by atoms with Crippen LogP contribution in [0.2, 0.25) is 0 Å². The van der Waals surface area contributed by atoms with Crippen molar-refractivity contribution in [1.82, 2.24) is 10.3 Å². The molecule has 0 aliphatic carbocycles. The molecular weight excluding hydrogens is 198 g/mol. The summed E-state index contributed by atoms with van der Waals surface area (Å²) in [5.41, 5.74) is -0.532. The number of nitrogens with zero attached hydrogens (tertiary/aromatic N) is 2. The number of aliphatic hydroxyl groups is 1. The fourth-order valence-electron chi connectivity index (χ4n) is 1.45. The van der Waals surface area contributed by atoms with Crippen molar-refractivity contribution in [1.29, 1.82) is 0 Å². The molecule has 0 atom stereocenters. The van der Waals surface area contributed by atoms with Gasteiger partial charge >= 0.3 is 0 Å². The summed E-state index contributed by atoms with van der Waals surface area (Å²) in [5.74, 6) is 0. The summed E-state index contributed by atoms with van der Waals surface area (Å²) in [6.45, 7) is 1.39. The lowest BCUT2D eigenvalue weighted by atomic mass is 9.93. The highest BCUT2D eigenvalue weighted by Crippen LogP contribution is 2.25. The normalized spacial score (nSPS) is 19.1. The molecule has 78 valence electrons. The zero-order valence-corrected chi connectivity index (χ0v) is 9.27. The number of β-amino-alcohol motifs (C(OH)–C–C–N with tert-alkyl or cyclic N) is 1. The first-order valence-electron chi connectivity index (χ1n) is 4.64. The molecule has 14 heavy (non-hydrogen) atoms. The van der Waals surface area contributed by atoms with Gasteiger partial charge in [0.25, 0.3) is 0 Å². The van der Waals surface area contributed by atoms with Crippen LogP contribution in [-0.4, -0.2) is 42.9 Å². The van der Waals surface area contributed by atoms with E-state index in [0.717, 1.165) is 10.0 Å². The fourth-order valence-corrected chi connectivity index (χ4v) is 2.42. The van der Waals surface area contributed by atoms with Crippen LogP contribution in [0.15, 0.2) is 6.20 Å². The Labute approximate surface area is 87.6 Å². The van der Waals surface area contributed by atoms with Crippen LogP contribution in [0, 0.1) is 0 Å². The van der Waals surface area contributed by atoms with E-state index >= 15 is 0 Å². The Bertz CT molecular complexity index is 320. The van der Waals surface area contributed by atoms with Gasteiger partial charge in [-0.1, -0.05) is 0 Å². The molecule has 1 saturated heterocycles. The van der Waals surface area contributed by atoms with Crippen molar-refractivity contribution in [3.05, 3.63) is 11.1 Å². The summed E-state index contributed by atoms with van der Waals surface area (Å²) >= 11 is 1.64. The first kappa shape index (κ1) is 9.89. The van der Waals surface area contributed by atoms with E-state index in [9.17, 15) is 5.11 Å². The number of aromatic nitrogens is 1. The monoisotopic (exact) mass is 213 g/mol. The molecule has 0 amide bonds. The van der Waals surface area contributed by atoms with Gasteiger partial charge in [0.2, 0.25) is 0 Å². The third-order valence-corrected chi connectivity index (χ3v) is 3.50. The Morgan fingerprint density at radius 3 is 2.79 bits per heavy atom. The SMILES string of the molecule is CN(C)c1ncc(CC2(O)CNC2)s1. The zero-order valence-electron chi connectivity index (χ0n) is 8.45. The van der Waals surface area contributed by atoms with E-state index in [1.54, 1.807) is 11.3 Å². The van der Waals surface area contributed by atoms with Crippen molar-refractivity contribution in [2.75, 3.05) is 32.1 Å². The van der Waals surface area contributed by atoms with E-state index in [2.05, 4.69) is 10.3 Å². The number of hydrogen-bond donors (Lipinski definition) is 2. The summed E-state index contributed by atoms with van der Waals surface area (Å²) < 4.78 is 0. The van der Waals surface area contributed by atoms with E-state index in [1.165, 1.54) is 0 Å². The molecule has 0 radical (unpaired) electrons. The second kappa shape index (κ2) is 3.49. The summed E-state index contributed by atoms with van der Waals surface area (Å²) in [6.07, 6.45) is 2.57. The third kappa shape index (κ3) is 1.89. The van der Waals surface area contributed by atoms with Crippen molar-refractivity contribution < 1.29 is 5.11 Å². The first-order valence-corrected chi connectivity index (χ1v) is 5.46. The number of hydrogen-bond acceptors (Lipinski definition) is 5. The Balaban J connectivity index is 2.02. The molecule has 0 spiro atoms. The quantitative estimate of drug-likeness (QED) is 0.747. The van der Waals surface area contributed by atoms with Gasteiger partial charge in [-0.05, 0) is 0 Å². The number of anilines is 1. The molecule has 2 rings (SSSR count). The first-order chi connectivity index (χ1) is 6.59. The maximum absolute atomic E-state index is 9.91. The molecule has 1 aromatic heterocycles. The molecule has 0 saturated carbocycles. The van der Waals surface area contributed by atoms with Crippen molar-refractivity contribution in [2.24, 2.45) is 0 Å². The van der Waals surface area contributed by atoms with Crippen molar-refractivity contribution in [3.63, 3.8) is 0 Å². The second-order valence-corrected chi connectivity index (χ2v) is 5.10. The van der Waals surface area contributed by atoms with Gasteiger partial charge in [-0.2, -0.15) is 0 Å². The highest BCUT2D eigenvalue weighted by molar-refractivity contribution is 7.15. The lowest BCUT2D eigenvalue weighted by Crippen LogP contribution is -2.60. The largest absolute Gasteiger partial charge is 0.387 e. The minimum Gasteiger partial charge on any atom is -0.387 e. The highest BCUT2D eigenvalue weighted by atomic mass is 32.1. The summed E-state index contributed by atoms with van der Waals surface area (Å²) in [4.78, 5) is 7.41. The fraction of sp³-hybridized carbons (Fsp3) is 0.667. The lowest BCUT2D eigenvalue weighted by Gasteiger charge is -2.37. The van der Waals surface area contributed by atoms with E-state index in [4.69, 9.17) is 0 Å². The average Bonchev–Trinajstić information content (AvgIpc) is 2.50.